The van der Waals surface area contributed by atoms with Crippen molar-refractivity contribution in [2.45, 2.75) is 71.9 Å². The minimum Gasteiger partial charge on any atom is -0.373 e. The van der Waals surface area contributed by atoms with Gasteiger partial charge >= 0.3 is 12.0 Å². The number of anilines is 3. The van der Waals surface area contributed by atoms with E-state index in [-0.39, 0.29) is 37.8 Å². The van der Waals surface area contributed by atoms with Gasteiger partial charge in [-0.25, -0.2) is 26.5 Å². The SMILES string of the molecule is Cc1ccccc1N(N)C(=O)N(N)c1ccc(NC(C)(C)C(=O)CN(CCC(C)C)C(=O)CN(CCC(=O)ON)C(=O)C2CCCO2)cc1. The monoisotopic (exact) mass is 682 g/mol. The maximum atomic E-state index is 13.7. The highest BCUT2D eigenvalue weighted by Gasteiger charge is 2.34. The summed E-state index contributed by atoms with van der Waals surface area (Å²) in [4.78, 5) is 72.2. The van der Waals surface area contributed by atoms with E-state index in [1.165, 1.54) is 9.80 Å². The number of hydrazine groups is 2. The number of nitrogens with zero attached hydrogens (tertiary/aromatic N) is 4. The van der Waals surface area contributed by atoms with E-state index in [1.807, 2.05) is 32.9 Å². The molecule has 4 amide bonds. The molecular weight excluding hydrogens is 632 g/mol. The van der Waals surface area contributed by atoms with Crippen LogP contribution in [0.2, 0.25) is 0 Å². The van der Waals surface area contributed by atoms with E-state index >= 15 is 0 Å². The lowest BCUT2D eigenvalue weighted by atomic mass is 9.97. The normalized spacial score (nSPS) is 14.3. The van der Waals surface area contributed by atoms with Gasteiger partial charge < -0.3 is 24.7 Å². The summed E-state index contributed by atoms with van der Waals surface area (Å²) in [7, 11) is 0. The molecule has 1 heterocycles. The Hall–Kier alpha value is -4.57. The topological polar surface area (TPSA) is 207 Å². The van der Waals surface area contributed by atoms with Crippen molar-refractivity contribution in [2.75, 3.05) is 48.1 Å². The third-order valence-electron chi connectivity index (χ3n) is 8.31. The molecular formula is C34H50N8O7. The number of urea groups is 1. The fourth-order valence-electron chi connectivity index (χ4n) is 5.17. The molecule has 49 heavy (non-hydrogen) atoms. The Morgan fingerprint density at radius 1 is 0.959 bits per heavy atom. The van der Waals surface area contributed by atoms with E-state index in [9.17, 15) is 24.0 Å². The van der Waals surface area contributed by atoms with E-state index < -0.39 is 35.5 Å². The second kappa shape index (κ2) is 17.7. The van der Waals surface area contributed by atoms with E-state index in [0.717, 1.165) is 15.6 Å². The van der Waals surface area contributed by atoms with Crippen molar-refractivity contribution < 1.29 is 33.5 Å². The quantitative estimate of drug-likeness (QED) is 0.115. The summed E-state index contributed by atoms with van der Waals surface area (Å²) in [5.41, 5.74) is 1.15. The lowest BCUT2D eigenvalue weighted by Gasteiger charge is -2.32. The number of Topliss-reactive ketones (excluding diaryl/α,β-unsaturated/α-hetero) is 1. The molecule has 2 aromatic rings. The molecule has 1 fully saturated rings. The molecule has 2 aromatic carbocycles. The third kappa shape index (κ3) is 11.0. The average molecular weight is 683 g/mol. The van der Waals surface area contributed by atoms with Crippen molar-refractivity contribution in [1.82, 2.24) is 9.80 Å². The first-order valence-corrected chi connectivity index (χ1v) is 16.3. The molecule has 15 nitrogen and oxygen atoms in total. The minimum atomic E-state index is -1.12. The van der Waals surface area contributed by atoms with Crippen molar-refractivity contribution in [3.8, 4) is 0 Å². The van der Waals surface area contributed by atoms with Crippen LogP contribution in [-0.4, -0.2) is 83.8 Å². The number of nitrogens with one attached hydrogen (secondary N) is 1. The van der Waals surface area contributed by atoms with Crippen LogP contribution in [0.1, 0.15) is 58.9 Å². The summed E-state index contributed by atoms with van der Waals surface area (Å²) < 4.78 is 5.53. The Morgan fingerprint density at radius 3 is 2.22 bits per heavy atom. The molecule has 15 heteroatoms. The van der Waals surface area contributed by atoms with Crippen LogP contribution in [0.25, 0.3) is 0 Å². The van der Waals surface area contributed by atoms with Gasteiger partial charge in [0.1, 0.15) is 6.10 Å². The third-order valence-corrected chi connectivity index (χ3v) is 8.31. The number of aryl methyl sites for hydroxylation is 1. The molecule has 1 unspecified atom stereocenters. The summed E-state index contributed by atoms with van der Waals surface area (Å²) in [5, 5.41) is 5.10. The number of benzene rings is 2. The standard InChI is InChI=1S/C34H50N8O7/c1-23(2)16-18-39(30(44)22-40(19-17-31(45)49-37)32(46)28-11-8-20-48-28)21-29(43)34(4,5)38-25-12-14-26(15-13-25)41(35)33(47)42(36)27-10-7-6-9-24(27)3/h6-7,9-10,12-15,23,28,38H,8,11,16-22,35-37H2,1-5H3. The highest BCUT2D eigenvalue weighted by molar-refractivity contribution is 6.02. The highest BCUT2D eigenvalue weighted by atomic mass is 16.7. The molecule has 0 aliphatic carbocycles. The van der Waals surface area contributed by atoms with Crippen LogP contribution in [0.5, 0.6) is 0 Å². The van der Waals surface area contributed by atoms with Crippen LogP contribution < -0.4 is 32.9 Å². The van der Waals surface area contributed by atoms with Crippen molar-refractivity contribution in [3.63, 3.8) is 0 Å². The molecule has 1 atom stereocenters. The zero-order chi connectivity index (χ0) is 36.3. The first-order valence-electron chi connectivity index (χ1n) is 16.3. The average Bonchev–Trinajstić information content (AvgIpc) is 3.62. The Labute approximate surface area is 287 Å². The minimum absolute atomic E-state index is 0.0868. The number of hydrogen-bond donors (Lipinski definition) is 4. The number of ether oxygens (including phenoxy) is 1. The van der Waals surface area contributed by atoms with Crippen molar-refractivity contribution >= 4 is 46.7 Å². The maximum Gasteiger partial charge on any atom is 0.357 e. The van der Waals surface area contributed by atoms with Gasteiger partial charge in [0, 0.05) is 25.4 Å². The van der Waals surface area contributed by atoms with Crippen molar-refractivity contribution in [1.29, 1.82) is 0 Å². The highest BCUT2D eigenvalue weighted by Crippen LogP contribution is 2.23. The Bertz CT molecular complexity index is 1460. The summed E-state index contributed by atoms with van der Waals surface area (Å²) in [6.07, 6.45) is 0.960. The molecule has 0 saturated carbocycles. The fraction of sp³-hybridized carbons (Fsp3) is 0.500. The van der Waals surface area contributed by atoms with Gasteiger partial charge in [-0.3, -0.25) is 19.2 Å². The first kappa shape index (κ1) is 38.9. The van der Waals surface area contributed by atoms with Crippen LogP contribution in [-0.2, 0) is 28.8 Å². The van der Waals surface area contributed by atoms with E-state index in [1.54, 1.807) is 50.2 Å². The molecule has 0 radical (unpaired) electrons. The zero-order valence-corrected chi connectivity index (χ0v) is 29.0. The van der Waals surface area contributed by atoms with E-state index in [2.05, 4.69) is 10.2 Å². The molecule has 0 bridgehead atoms. The number of carbonyl (C=O) groups is 5. The van der Waals surface area contributed by atoms with Crippen LogP contribution in [0.4, 0.5) is 21.9 Å². The van der Waals surface area contributed by atoms with Gasteiger partial charge in [-0.1, -0.05) is 32.0 Å². The number of carbonyl (C=O) groups excluding carboxylic acids is 5. The van der Waals surface area contributed by atoms with Crippen LogP contribution in [0.3, 0.4) is 0 Å². The summed E-state index contributed by atoms with van der Waals surface area (Å²) >= 11 is 0. The number of rotatable bonds is 16. The number of nitrogens with two attached hydrogens (primary N) is 3. The maximum absolute atomic E-state index is 13.7. The van der Waals surface area contributed by atoms with Gasteiger partial charge in [0.05, 0.1) is 36.4 Å². The molecule has 268 valence electrons. The molecule has 3 rings (SSSR count). The molecule has 0 spiro atoms. The lowest BCUT2D eigenvalue weighted by Crippen LogP contribution is -2.51. The first-order chi connectivity index (χ1) is 23.1. The molecule has 1 aliphatic heterocycles. The van der Waals surface area contributed by atoms with Crippen LogP contribution in [0, 0.1) is 12.8 Å². The molecule has 1 aliphatic rings. The lowest BCUT2D eigenvalue weighted by molar-refractivity contribution is -0.150. The summed E-state index contributed by atoms with van der Waals surface area (Å²) in [6.45, 7) is 9.34. The van der Waals surface area contributed by atoms with Gasteiger partial charge in [-0.15, -0.1) is 0 Å². The van der Waals surface area contributed by atoms with E-state index in [0.29, 0.717) is 49.5 Å². The Kier molecular flexibility index (Phi) is 14.1. The summed E-state index contributed by atoms with van der Waals surface area (Å²) in [6, 6.07) is 13.1. The second-order valence-corrected chi connectivity index (χ2v) is 13.0. The smallest absolute Gasteiger partial charge is 0.357 e. The van der Waals surface area contributed by atoms with Gasteiger partial charge in [-0.05, 0) is 81.8 Å². The molecule has 1 saturated heterocycles. The van der Waals surface area contributed by atoms with Crippen molar-refractivity contribution in [3.05, 3.63) is 54.1 Å². The Morgan fingerprint density at radius 2 is 1.63 bits per heavy atom. The predicted octanol–water partition coefficient (Wildman–Crippen LogP) is 2.62. The largest absolute Gasteiger partial charge is 0.373 e. The van der Waals surface area contributed by atoms with Crippen molar-refractivity contribution in [2.24, 2.45) is 23.5 Å². The van der Waals surface area contributed by atoms with Crippen LogP contribution >= 0.6 is 0 Å². The second-order valence-electron chi connectivity index (χ2n) is 13.0. The van der Waals surface area contributed by atoms with Gasteiger partial charge in [0.15, 0.2) is 5.78 Å². The van der Waals surface area contributed by atoms with Crippen LogP contribution in [0.15, 0.2) is 48.5 Å². The molecule has 7 N–H and O–H groups in total. The number of hydrogen-bond acceptors (Lipinski definition) is 11. The fourth-order valence-corrected chi connectivity index (χ4v) is 5.17. The Balaban J connectivity index is 1.69. The van der Waals surface area contributed by atoms with Gasteiger partial charge in [0.2, 0.25) is 5.91 Å². The van der Waals surface area contributed by atoms with Gasteiger partial charge in [0.25, 0.3) is 5.91 Å². The van der Waals surface area contributed by atoms with Gasteiger partial charge in [-0.2, -0.15) is 5.90 Å². The molecule has 0 aromatic heterocycles. The van der Waals surface area contributed by atoms with E-state index in [4.69, 9.17) is 22.3 Å². The number of amides is 4. The number of ketones is 1. The summed E-state index contributed by atoms with van der Waals surface area (Å²) in [5.74, 6) is 15.5. The zero-order valence-electron chi connectivity index (χ0n) is 29.0. The number of para-hydroxylation sites is 1. The predicted molar refractivity (Wildman–Crippen MR) is 186 cm³/mol.